The summed E-state index contributed by atoms with van der Waals surface area (Å²) >= 11 is 3.58. The number of likely N-dealkylation sites (tertiary alicyclic amines) is 1. The van der Waals surface area contributed by atoms with Gasteiger partial charge in [0.15, 0.2) is 0 Å². The van der Waals surface area contributed by atoms with Crippen LogP contribution in [0.2, 0.25) is 0 Å². The zero-order chi connectivity index (χ0) is 17.6. The highest BCUT2D eigenvalue weighted by Crippen LogP contribution is 2.26. The van der Waals surface area contributed by atoms with Crippen LogP contribution in [0.1, 0.15) is 41.5 Å². The molecule has 1 aliphatic heterocycles. The SMILES string of the molecule is COc1ccc(Br)cc1CCc1cccc(C)c1CN1CCCCC1. The second-order valence-corrected chi connectivity index (χ2v) is 7.92. The average Bonchev–Trinajstić information content (AvgIpc) is 2.63. The van der Waals surface area contributed by atoms with E-state index in [9.17, 15) is 0 Å². The van der Waals surface area contributed by atoms with E-state index >= 15 is 0 Å². The number of halogens is 1. The molecule has 0 amide bonds. The lowest BCUT2D eigenvalue weighted by Crippen LogP contribution is -2.29. The van der Waals surface area contributed by atoms with Gasteiger partial charge >= 0.3 is 0 Å². The van der Waals surface area contributed by atoms with Crippen LogP contribution in [0.3, 0.4) is 0 Å². The summed E-state index contributed by atoms with van der Waals surface area (Å²) in [6.07, 6.45) is 6.13. The van der Waals surface area contributed by atoms with Crippen molar-refractivity contribution < 1.29 is 4.74 Å². The largest absolute Gasteiger partial charge is 0.496 e. The Kier molecular flexibility index (Phi) is 6.55. The molecule has 1 aliphatic rings. The van der Waals surface area contributed by atoms with Crippen molar-refractivity contribution in [2.75, 3.05) is 20.2 Å². The molecule has 2 aromatic rings. The molecule has 1 heterocycles. The van der Waals surface area contributed by atoms with Crippen LogP contribution >= 0.6 is 15.9 Å². The van der Waals surface area contributed by atoms with Crippen LogP contribution in [0.15, 0.2) is 40.9 Å². The highest BCUT2D eigenvalue weighted by molar-refractivity contribution is 9.10. The van der Waals surface area contributed by atoms with E-state index in [4.69, 9.17) is 4.74 Å². The third kappa shape index (κ3) is 4.86. The van der Waals surface area contributed by atoms with E-state index in [1.165, 1.54) is 54.6 Å². The molecule has 0 aromatic heterocycles. The van der Waals surface area contributed by atoms with E-state index in [1.54, 1.807) is 7.11 Å². The molecule has 0 saturated carbocycles. The monoisotopic (exact) mass is 401 g/mol. The van der Waals surface area contributed by atoms with Gasteiger partial charge in [0.2, 0.25) is 0 Å². The van der Waals surface area contributed by atoms with E-state index in [1.807, 2.05) is 12.1 Å². The molecule has 0 N–H and O–H groups in total. The fraction of sp³-hybridized carbons (Fsp3) is 0.455. The standard InChI is InChI=1S/C22H28BrNO/c1-17-7-6-8-18(21(17)16-24-13-4-3-5-14-24)9-10-19-15-20(23)11-12-22(19)25-2/h6-8,11-12,15H,3-5,9-10,13-14,16H2,1-2H3. The van der Waals surface area contributed by atoms with Gasteiger partial charge in [-0.05, 0) is 86.1 Å². The Hall–Kier alpha value is -1.32. The summed E-state index contributed by atoms with van der Waals surface area (Å²) in [6, 6.07) is 13.0. The van der Waals surface area contributed by atoms with Gasteiger partial charge in [-0.1, -0.05) is 40.5 Å². The number of hydrogen-bond acceptors (Lipinski definition) is 2. The zero-order valence-corrected chi connectivity index (χ0v) is 16.9. The zero-order valence-electron chi connectivity index (χ0n) is 15.4. The Morgan fingerprint density at radius 2 is 1.76 bits per heavy atom. The fourth-order valence-electron chi connectivity index (χ4n) is 3.78. The van der Waals surface area contributed by atoms with Crippen LogP contribution in [0.4, 0.5) is 0 Å². The normalized spacial score (nSPS) is 15.3. The second-order valence-electron chi connectivity index (χ2n) is 7.01. The topological polar surface area (TPSA) is 12.5 Å². The molecule has 1 fully saturated rings. The lowest BCUT2D eigenvalue weighted by molar-refractivity contribution is 0.220. The number of aryl methyl sites for hydroxylation is 3. The predicted octanol–water partition coefficient (Wildman–Crippen LogP) is 5.54. The molecule has 0 aliphatic carbocycles. The van der Waals surface area contributed by atoms with E-state index in [0.29, 0.717) is 0 Å². The van der Waals surface area contributed by atoms with Crippen molar-refractivity contribution in [1.82, 2.24) is 4.90 Å². The van der Waals surface area contributed by atoms with Gasteiger partial charge in [-0.3, -0.25) is 4.90 Å². The summed E-state index contributed by atoms with van der Waals surface area (Å²) in [7, 11) is 1.75. The maximum Gasteiger partial charge on any atom is 0.122 e. The molecule has 25 heavy (non-hydrogen) atoms. The molecule has 3 heteroatoms. The molecule has 2 nitrogen and oxygen atoms in total. The van der Waals surface area contributed by atoms with Crippen molar-refractivity contribution in [1.29, 1.82) is 0 Å². The van der Waals surface area contributed by atoms with Crippen molar-refractivity contribution in [3.63, 3.8) is 0 Å². The smallest absolute Gasteiger partial charge is 0.122 e. The van der Waals surface area contributed by atoms with Crippen LogP contribution < -0.4 is 4.74 Å². The van der Waals surface area contributed by atoms with Gasteiger partial charge in [0.05, 0.1) is 7.11 Å². The first-order valence-corrected chi connectivity index (χ1v) is 10.1. The molecule has 0 radical (unpaired) electrons. The maximum absolute atomic E-state index is 5.54. The molecule has 0 spiro atoms. The molecule has 2 aromatic carbocycles. The van der Waals surface area contributed by atoms with Crippen LogP contribution in [-0.2, 0) is 19.4 Å². The minimum absolute atomic E-state index is 0.980. The first-order chi connectivity index (χ1) is 12.2. The van der Waals surface area contributed by atoms with Crippen LogP contribution in [0.5, 0.6) is 5.75 Å². The van der Waals surface area contributed by atoms with Crippen LogP contribution in [0.25, 0.3) is 0 Å². The Morgan fingerprint density at radius 3 is 2.52 bits per heavy atom. The summed E-state index contributed by atoms with van der Waals surface area (Å²) in [5, 5.41) is 0. The predicted molar refractivity (Wildman–Crippen MR) is 108 cm³/mol. The first-order valence-electron chi connectivity index (χ1n) is 9.29. The number of hydrogen-bond donors (Lipinski definition) is 0. The molecule has 3 rings (SSSR count). The molecule has 134 valence electrons. The van der Waals surface area contributed by atoms with Gasteiger partial charge in [-0.25, -0.2) is 0 Å². The summed E-state index contributed by atoms with van der Waals surface area (Å²) in [5.41, 5.74) is 5.69. The maximum atomic E-state index is 5.54. The molecule has 1 saturated heterocycles. The molecular formula is C22H28BrNO. The Morgan fingerprint density at radius 1 is 1.00 bits per heavy atom. The average molecular weight is 402 g/mol. The minimum Gasteiger partial charge on any atom is -0.496 e. The Labute approximate surface area is 160 Å². The molecule has 0 atom stereocenters. The van der Waals surface area contributed by atoms with Gasteiger partial charge in [-0.2, -0.15) is 0 Å². The van der Waals surface area contributed by atoms with Gasteiger partial charge < -0.3 is 4.74 Å². The number of piperidine rings is 1. The van der Waals surface area contributed by atoms with Gasteiger partial charge in [0.25, 0.3) is 0 Å². The van der Waals surface area contributed by atoms with Crippen molar-refractivity contribution in [3.05, 3.63) is 63.1 Å². The minimum atomic E-state index is 0.980. The van der Waals surface area contributed by atoms with Gasteiger partial charge in [-0.15, -0.1) is 0 Å². The number of rotatable bonds is 6. The number of methoxy groups -OCH3 is 1. The highest BCUT2D eigenvalue weighted by Gasteiger charge is 2.14. The number of nitrogens with zero attached hydrogens (tertiary/aromatic N) is 1. The third-order valence-corrected chi connectivity index (χ3v) is 5.74. The molecule has 0 unspecified atom stereocenters. The Bertz CT molecular complexity index is 707. The fourth-order valence-corrected chi connectivity index (χ4v) is 4.18. The van der Waals surface area contributed by atoms with Crippen molar-refractivity contribution >= 4 is 15.9 Å². The van der Waals surface area contributed by atoms with Crippen LogP contribution in [0, 0.1) is 6.92 Å². The van der Waals surface area contributed by atoms with Crippen molar-refractivity contribution in [2.24, 2.45) is 0 Å². The Balaban J connectivity index is 1.76. The van der Waals surface area contributed by atoms with Gasteiger partial charge in [0, 0.05) is 11.0 Å². The summed E-state index contributed by atoms with van der Waals surface area (Å²) in [5.74, 6) is 0.980. The lowest BCUT2D eigenvalue weighted by atomic mass is 9.95. The highest BCUT2D eigenvalue weighted by atomic mass is 79.9. The lowest BCUT2D eigenvalue weighted by Gasteiger charge is -2.28. The molecular weight excluding hydrogens is 374 g/mol. The van der Waals surface area contributed by atoms with E-state index in [2.05, 4.69) is 52.0 Å². The molecule has 0 bridgehead atoms. The summed E-state index contributed by atoms with van der Waals surface area (Å²) in [4.78, 5) is 2.62. The summed E-state index contributed by atoms with van der Waals surface area (Å²) < 4.78 is 6.65. The summed E-state index contributed by atoms with van der Waals surface area (Å²) in [6.45, 7) is 5.83. The number of benzene rings is 2. The van der Waals surface area contributed by atoms with Crippen molar-refractivity contribution in [3.8, 4) is 5.75 Å². The van der Waals surface area contributed by atoms with E-state index < -0.39 is 0 Å². The quantitative estimate of drug-likeness (QED) is 0.629. The third-order valence-electron chi connectivity index (χ3n) is 5.24. The van der Waals surface area contributed by atoms with Gasteiger partial charge in [0.1, 0.15) is 5.75 Å². The first kappa shape index (κ1) is 18.5. The van der Waals surface area contributed by atoms with Crippen LogP contribution in [-0.4, -0.2) is 25.1 Å². The van der Waals surface area contributed by atoms with E-state index in [0.717, 1.165) is 29.6 Å². The van der Waals surface area contributed by atoms with E-state index in [-0.39, 0.29) is 0 Å². The van der Waals surface area contributed by atoms with Crippen molar-refractivity contribution in [2.45, 2.75) is 45.6 Å². The number of ether oxygens (including phenoxy) is 1. The second kappa shape index (κ2) is 8.86.